The molecule has 136 valence electrons. The summed E-state index contributed by atoms with van der Waals surface area (Å²) in [5, 5.41) is 16.0. The first-order valence-electron chi connectivity index (χ1n) is 8.10. The minimum absolute atomic E-state index is 0. The van der Waals surface area contributed by atoms with Crippen LogP contribution in [0.2, 0.25) is 0 Å². The van der Waals surface area contributed by atoms with Gasteiger partial charge in [-0.3, -0.25) is 4.79 Å². The summed E-state index contributed by atoms with van der Waals surface area (Å²) in [6.45, 7) is 3.55. The number of nitrogens with one attached hydrogen (secondary N) is 2. The lowest BCUT2D eigenvalue weighted by Gasteiger charge is -2.19. The number of aliphatic hydroxyl groups excluding tert-OH is 1. The summed E-state index contributed by atoms with van der Waals surface area (Å²) in [6, 6.07) is 5.57. The van der Waals surface area contributed by atoms with Gasteiger partial charge in [0.05, 0.1) is 18.8 Å². The molecular formula is C17H26ClFN2O3. The summed E-state index contributed by atoms with van der Waals surface area (Å²) in [5.41, 5.74) is 0.643. The van der Waals surface area contributed by atoms with E-state index in [0.717, 1.165) is 19.4 Å². The van der Waals surface area contributed by atoms with E-state index in [-0.39, 0.29) is 42.8 Å². The molecule has 5 nitrogen and oxygen atoms in total. The van der Waals surface area contributed by atoms with Crippen LogP contribution in [0.15, 0.2) is 24.3 Å². The molecule has 2 rings (SSSR count). The highest BCUT2D eigenvalue weighted by Gasteiger charge is 2.17. The van der Waals surface area contributed by atoms with Crippen LogP contribution >= 0.6 is 12.4 Å². The van der Waals surface area contributed by atoms with Crippen molar-refractivity contribution in [2.45, 2.75) is 44.4 Å². The van der Waals surface area contributed by atoms with E-state index in [1.54, 1.807) is 12.1 Å². The summed E-state index contributed by atoms with van der Waals surface area (Å²) in [6.07, 6.45) is 1.97. The van der Waals surface area contributed by atoms with Crippen molar-refractivity contribution < 1.29 is 19.0 Å². The third kappa shape index (κ3) is 7.13. The number of aliphatic hydroxyl groups is 1. The van der Waals surface area contributed by atoms with E-state index in [0.29, 0.717) is 18.5 Å². The van der Waals surface area contributed by atoms with Crippen LogP contribution in [0.4, 0.5) is 4.39 Å². The quantitative estimate of drug-likeness (QED) is 0.662. The van der Waals surface area contributed by atoms with Crippen molar-refractivity contribution in [3.05, 3.63) is 35.6 Å². The molecule has 3 unspecified atom stereocenters. The fourth-order valence-electron chi connectivity index (χ4n) is 2.69. The fraction of sp³-hybridized carbons (Fsp3) is 0.588. The Hall–Kier alpha value is -1.21. The predicted molar refractivity (Wildman–Crippen MR) is 92.7 cm³/mol. The zero-order chi connectivity index (χ0) is 16.7. The van der Waals surface area contributed by atoms with Gasteiger partial charge in [0.2, 0.25) is 5.91 Å². The third-order valence-electron chi connectivity index (χ3n) is 3.92. The van der Waals surface area contributed by atoms with Crippen LogP contribution in [0, 0.1) is 5.82 Å². The first-order chi connectivity index (χ1) is 11.0. The summed E-state index contributed by atoms with van der Waals surface area (Å²) in [7, 11) is 0. The molecule has 0 bridgehead atoms. The second kappa shape index (κ2) is 10.6. The standard InChI is InChI=1S/C17H25FN2O3.ClH/c1-12(9-16(21)13-4-6-14(18)7-5-13)20-17(22)11-19-10-15-3-2-8-23-15;/h4-7,12,15-16,19,21H,2-3,8-11H2,1H3,(H,20,22);1H. The predicted octanol–water partition coefficient (Wildman–Crippen LogP) is 1.94. The summed E-state index contributed by atoms with van der Waals surface area (Å²) < 4.78 is 18.3. The Morgan fingerprint density at radius 2 is 2.12 bits per heavy atom. The van der Waals surface area contributed by atoms with Gasteiger partial charge in [-0.05, 0) is 43.9 Å². The van der Waals surface area contributed by atoms with E-state index in [1.165, 1.54) is 12.1 Å². The molecule has 3 atom stereocenters. The maximum absolute atomic E-state index is 12.9. The van der Waals surface area contributed by atoms with Gasteiger partial charge in [-0.15, -0.1) is 12.4 Å². The maximum Gasteiger partial charge on any atom is 0.234 e. The Balaban J connectivity index is 0.00000288. The molecule has 0 spiro atoms. The molecule has 0 aliphatic carbocycles. The molecule has 1 saturated heterocycles. The van der Waals surface area contributed by atoms with Gasteiger partial charge in [0.15, 0.2) is 0 Å². The van der Waals surface area contributed by atoms with Crippen LogP contribution in [0.3, 0.4) is 0 Å². The Morgan fingerprint density at radius 3 is 2.75 bits per heavy atom. The number of carbonyl (C=O) groups is 1. The topological polar surface area (TPSA) is 70.6 Å². The van der Waals surface area contributed by atoms with Crippen molar-refractivity contribution in [1.82, 2.24) is 10.6 Å². The fourth-order valence-corrected chi connectivity index (χ4v) is 2.69. The Morgan fingerprint density at radius 1 is 1.42 bits per heavy atom. The molecule has 1 amide bonds. The SMILES string of the molecule is CC(CC(O)c1ccc(F)cc1)NC(=O)CNCC1CCCO1.Cl. The number of hydrogen-bond donors (Lipinski definition) is 3. The maximum atomic E-state index is 12.9. The average Bonchev–Trinajstić information content (AvgIpc) is 3.01. The second-order valence-corrected chi connectivity index (χ2v) is 6.04. The lowest BCUT2D eigenvalue weighted by Crippen LogP contribution is -2.41. The van der Waals surface area contributed by atoms with E-state index >= 15 is 0 Å². The van der Waals surface area contributed by atoms with Crippen LogP contribution in [0.1, 0.15) is 37.9 Å². The first-order valence-corrected chi connectivity index (χ1v) is 8.10. The van der Waals surface area contributed by atoms with Gasteiger partial charge in [0.25, 0.3) is 0 Å². The van der Waals surface area contributed by atoms with Gasteiger partial charge in [-0.25, -0.2) is 4.39 Å². The molecule has 1 heterocycles. The lowest BCUT2D eigenvalue weighted by molar-refractivity contribution is -0.121. The van der Waals surface area contributed by atoms with Crippen molar-refractivity contribution in [3.8, 4) is 0 Å². The lowest BCUT2D eigenvalue weighted by atomic mass is 10.0. The minimum Gasteiger partial charge on any atom is -0.388 e. The van der Waals surface area contributed by atoms with Crippen molar-refractivity contribution in [2.24, 2.45) is 0 Å². The highest BCUT2D eigenvalue weighted by molar-refractivity contribution is 5.85. The molecule has 0 radical (unpaired) electrons. The largest absolute Gasteiger partial charge is 0.388 e. The third-order valence-corrected chi connectivity index (χ3v) is 3.92. The Kier molecular flexibility index (Phi) is 9.21. The number of halogens is 2. The van der Waals surface area contributed by atoms with Crippen molar-refractivity contribution in [2.75, 3.05) is 19.7 Å². The number of hydrogen-bond acceptors (Lipinski definition) is 4. The molecule has 24 heavy (non-hydrogen) atoms. The highest BCUT2D eigenvalue weighted by atomic mass is 35.5. The number of benzene rings is 1. The highest BCUT2D eigenvalue weighted by Crippen LogP contribution is 2.18. The molecule has 1 aromatic rings. The molecule has 1 aliphatic rings. The van der Waals surface area contributed by atoms with Crippen LogP contribution in [-0.2, 0) is 9.53 Å². The summed E-state index contributed by atoms with van der Waals surface area (Å²) in [4.78, 5) is 11.8. The van der Waals surface area contributed by atoms with E-state index < -0.39 is 6.10 Å². The zero-order valence-electron chi connectivity index (χ0n) is 13.8. The van der Waals surface area contributed by atoms with Crippen LogP contribution in [0.25, 0.3) is 0 Å². The zero-order valence-corrected chi connectivity index (χ0v) is 14.7. The van der Waals surface area contributed by atoms with Crippen LogP contribution in [0.5, 0.6) is 0 Å². The van der Waals surface area contributed by atoms with E-state index in [2.05, 4.69) is 10.6 Å². The monoisotopic (exact) mass is 360 g/mol. The second-order valence-electron chi connectivity index (χ2n) is 6.04. The van der Waals surface area contributed by atoms with Gasteiger partial charge < -0.3 is 20.5 Å². The first kappa shape index (κ1) is 20.8. The van der Waals surface area contributed by atoms with Crippen LogP contribution < -0.4 is 10.6 Å². The summed E-state index contributed by atoms with van der Waals surface area (Å²) in [5.74, 6) is -0.443. The van der Waals surface area contributed by atoms with Gasteiger partial charge in [-0.1, -0.05) is 12.1 Å². The molecule has 1 aliphatic heterocycles. The number of rotatable bonds is 8. The van der Waals surface area contributed by atoms with Gasteiger partial charge in [0.1, 0.15) is 5.82 Å². The van der Waals surface area contributed by atoms with Gasteiger partial charge >= 0.3 is 0 Å². The summed E-state index contributed by atoms with van der Waals surface area (Å²) >= 11 is 0. The molecule has 0 aromatic heterocycles. The smallest absolute Gasteiger partial charge is 0.234 e. The van der Waals surface area contributed by atoms with Gasteiger partial charge in [-0.2, -0.15) is 0 Å². The normalized spacial score (nSPS) is 19.4. The minimum atomic E-state index is -0.731. The number of carbonyl (C=O) groups excluding carboxylic acids is 1. The molecule has 1 fully saturated rings. The molecular weight excluding hydrogens is 335 g/mol. The van der Waals surface area contributed by atoms with E-state index in [1.807, 2.05) is 6.92 Å². The average molecular weight is 361 g/mol. The molecule has 0 saturated carbocycles. The van der Waals surface area contributed by atoms with Crippen molar-refractivity contribution in [3.63, 3.8) is 0 Å². The van der Waals surface area contributed by atoms with Crippen molar-refractivity contribution in [1.29, 1.82) is 0 Å². The Bertz CT molecular complexity index is 495. The Labute approximate surface area is 148 Å². The van der Waals surface area contributed by atoms with E-state index in [4.69, 9.17) is 4.74 Å². The van der Waals surface area contributed by atoms with Crippen molar-refractivity contribution >= 4 is 18.3 Å². The van der Waals surface area contributed by atoms with Crippen LogP contribution in [-0.4, -0.2) is 42.9 Å². The number of ether oxygens (including phenoxy) is 1. The molecule has 1 aromatic carbocycles. The molecule has 3 N–H and O–H groups in total. The number of amides is 1. The molecule has 7 heteroatoms. The van der Waals surface area contributed by atoms with Gasteiger partial charge in [0, 0.05) is 19.2 Å². The van der Waals surface area contributed by atoms with E-state index in [9.17, 15) is 14.3 Å².